The molecule has 5 aromatic heterocycles. The second-order valence-corrected chi connectivity index (χ2v) is 20.0. The molecule has 0 saturated carbocycles. The van der Waals surface area contributed by atoms with Crippen LogP contribution in [0.2, 0.25) is 0 Å². The smallest absolute Gasteiger partial charge is 0.166 e. The number of benzene rings is 11. The molecular formula is C69H41N5OS. The molecule has 0 aliphatic rings. The predicted molar refractivity (Wildman–Crippen MR) is 316 cm³/mol. The molecule has 16 aromatic rings. The maximum Gasteiger partial charge on any atom is 0.166 e. The van der Waals surface area contributed by atoms with Gasteiger partial charge in [0.1, 0.15) is 11.2 Å². The van der Waals surface area contributed by atoms with Gasteiger partial charge in [-0.25, -0.2) is 15.0 Å². The first-order valence-corrected chi connectivity index (χ1v) is 25.8. The molecule has 0 aliphatic heterocycles. The fraction of sp³-hybridized carbons (Fsp3) is 0. The topological polar surface area (TPSA) is 61.7 Å². The largest absolute Gasteiger partial charge is 0.455 e. The molecule has 0 saturated heterocycles. The van der Waals surface area contributed by atoms with Crippen LogP contribution in [0.3, 0.4) is 0 Å². The number of hydrogen-bond acceptors (Lipinski definition) is 5. The summed E-state index contributed by atoms with van der Waals surface area (Å²) in [6.07, 6.45) is 0. The number of thiophene rings is 1. The van der Waals surface area contributed by atoms with E-state index in [1.165, 1.54) is 6.07 Å². The van der Waals surface area contributed by atoms with Gasteiger partial charge < -0.3 is 13.6 Å². The maximum atomic E-state index is 9.33. The Bertz CT molecular complexity index is 5420. The summed E-state index contributed by atoms with van der Waals surface area (Å²) in [7, 11) is 0. The van der Waals surface area contributed by atoms with Crippen LogP contribution in [0.15, 0.2) is 253 Å². The average Bonchev–Trinajstić information content (AvgIpc) is 3.46. The Morgan fingerprint density at radius 1 is 0.368 bits per heavy atom. The van der Waals surface area contributed by atoms with Crippen molar-refractivity contribution in [2.75, 3.05) is 0 Å². The highest BCUT2D eigenvalue weighted by Gasteiger charge is 2.22. The van der Waals surface area contributed by atoms with Crippen LogP contribution in [0, 0.1) is 0 Å². The van der Waals surface area contributed by atoms with Gasteiger partial charge in [-0.15, -0.1) is 11.3 Å². The van der Waals surface area contributed by atoms with E-state index in [-0.39, 0.29) is 57.8 Å². The maximum absolute atomic E-state index is 9.33. The number of furan rings is 1. The second-order valence-electron chi connectivity index (χ2n) is 18.9. The van der Waals surface area contributed by atoms with Crippen molar-refractivity contribution in [3.8, 4) is 67.8 Å². The zero-order valence-corrected chi connectivity index (χ0v) is 41.0. The van der Waals surface area contributed by atoms with E-state index in [2.05, 4.69) is 126 Å². The number of nitrogens with zero attached hydrogens (tertiary/aromatic N) is 5. The fourth-order valence-electron chi connectivity index (χ4n) is 11.3. The lowest BCUT2D eigenvalue weighted by Gasteiger charge is -2.15. The lowest BCUT2D eigenvalue weighted by atomic mass is 9.98. The first-order chi connectivity index (χ1) is 40.6. The summed E-state index contributed by atoms with van der Waals surface area (Å²) in [5.41, 5.74) is 11.4. The molecule has 0 radical (unpaired) electrons. The molecule has 354 valence electrons. The third-order valence-corrected chi connectivity index (χ3v) is 15.9. The second kappa shape index (κ2) is 16.8. The van der Waals surface area contributed by atoms with Crippen molar-refractivity contribution < 1.29 is 14.0 Å². The van der Waals surface area contributed by atoms with Crippen LogP contribution < -0.4 is 0 Å². The van der Waals surface area contributed by atoms with Gasteiger partial charge in [-0.05, 0) is 89.4 Å². The minimum absolute atomic E-state index is 0.0542. The molecule has 0 N–H and O–H groups in total. The van der Waals surface area contributed by atoms with Crippen molar-refractivity contribution in [3.05, 3.63) is 249 Å². The van der Waals surface area contributed by atoms with Crippen LogP contribution >= 0.6 is 11.3 Å². The normalized spacial score (nSPS) is 13.2. The van der Waals surface area contributed by atoms with Gasteiger partial charge in [-0.3, -0.25) is 0 Å². The van der Waals surface area contributed by atoms with Crippen molar-refractivity contribution in [1.82, 2.24) is 24.1 Å². The van der Waals surface area contributed by atoms with Crippen LogP contribution in [0.4, 0.5) is 0 Å². The molecule has 0 bridgehead atoms. The Morgan fingerprint density at radius 2 is 0.974 bits per heavy atom. The van der Waals surface area contributed by atoms with Crippen molar-refractivity contribution in [2.24, 2.45) is 0 Å². The van der Waals surface area contributed by atoms with Crippen LogP contribution in [0.1, 0.15) is 9.60 Å². The van der Waals surface area contributed by atoms with E-state index < -0.39 is 12.1 Å². The molecule has 5 heterocycles. The number of aromatic nitrogens is 5. The molecule has 0 unspecified atom stereocenters. The summed E-state index contributed by atoms with van der Waals surface area (Å²) in [5, 5.41) is 6.87. The van der Waals surface area contributed by atoms with Gasteiger partial charge in [0.05, 0.1) is 37.3 Å². The van der Waals surface area contributed by atoms with Crippen LogP contribution in [0.25, 0.3) is 154 Å². The van der Waals surface area contributed by atoms with Crippen molar-refractivity contribution in [3.63, 3.8) is 0 Å². The van der Waals surface area contributed by atoms with E-state index in [0.29, 0.717) is 22.9 Å². The fourth-order valence-corrected chi connectivity index (χ4v) is 12.5. The Balaban J connectivity index is 0.891. The Morgan fingerprint density at radius 3 is 1.82 bits per heavy atom. The van der Waals surface area contributed by atoms with Crippen molar-refractivity contribution >= 4 is 97.1 Å². The summed E-state index contributed by atoms with van der Waals surface area (Å²) >= 11 is 1.75. The molecule has 0 atom stereocenters. The van der Waals surface area contributed by atoms with E-state index in [0.717, 1.165) is 103 Å². The minimum atomic E-state index is -0.473. The van der Waals surface area contributed by atoms with Gasteiger partial charge in [0, 0.05) is 80.4 Å². The van der Waals surface area contributed by atoms with Gasteiger partial charge >= 0.3 is 0 Å². The quantitative estimate of drug-likeness (QED) is 0.160. The highest BCUT2D eigenvalue weighted by atomic mass is 32.1. The summed E-state index contributed by atoms with van der Waals surface area (Å²) < 4.78 is 75.7. The highest BCUT2D eigenvalue weighted by Crippen LogP contribution is 2.44. The molecule has 0 amide bonds. The number of para-hydroxylation sites is 7. The van der Waals surface area contributed by atoms with Gasteiger partial charge in [-0.1, -0.05) is 176 Å². The van der Waals surface area contributed by atoms with Gasteiger partial charge in [0.25, 0.3) is 0 Å². The highest BCUT2D eigenvalue weighted by molar-refractivity contribution is 7.26. The van der Waals surface area contributed by atoms with E-state index in [1.54, 1.807) is 22.0 Å². The molecule has 0 aliphatic carbocycles. The minimum Gasteiger partial charge on any atom is -0.455 e. The van der Waals surface area contributed by atoms with Gasteiger partial charge in [0.15, 0.2) is 17.5 Å². The Labute approximate surface area is 449 Å². The third kappa shape index (κ3) is 6.56. The zero-order valence-electron chi connectivity index (χ0n) is 47.2. The Hall–Kier alpha value is -9.95. The molecule has 76 heavy (non-hydrogen) atoms. The average molecular weight is 995 g/mol. The zero-order chi connectivity index (χ0) is 55.9. The SMILES string of the molecule is [2H]c1cc([2H])c2c(c1[2H])c1c([2H])c([2H])c([2H])c([2H])c1n2-c1ccccc1-c1nc(-c2cccc(-c3cccc4c3sc3ccc(-c5cccc6c5oc5ccccc56)cc34)c2)nc(-c2cccc(-n3c4ccccc4c4ccccc43)c2)n1. The van der Waals surface area contributed by atoms with Crippen molar-refractivity contribution in [2.45, 2.75) is 0 Å². The molecule has 0 fully saturated rings. The molecule has 6 nitrogen and oxygen atoms in total. The number of fused-ring (bicyclic) bond motifs is 12. The predicted octanol–water partition coefficient (Wildman–Crippen LogP) is 18.7. The van der Waals surface area contributed by atoms with Crippen LogP contribution in [-0.2, 0) is 0 Å². The standard InChI is InChI=1S/C69H41N5OS/c1-7-31-58-49(21-1)50-22-2-8-32-59(50)73(58)46-20-14-19-45(40-46)68-70-67(71-69(72-68)56-26-5-11-35-62(56)74-60-33-9-3-23-51(60)52-24-4-10-34-61(52)74)44-18-13-17-42(39-44)48-28-16-30-55-57-41-43(37-38-64(57)76-66(48)55)47-27-15-29-54-53-25-6-12-36-63(53)75-65(47)54/h1-41H/i3D,4D,9D,23D,24D,33D,34D. The first-order valence-electron chi connectivity index (χ1n) is 28.5. The Kier molecular flexibility index (Phi) is 7.97. The molecule has 0 spiro atoms. The first kappa shape index (κ1) is 36.1. The molecular weight excluding hydrogens is 947 g/mol. The number of rotatable bonds is 7. The molecule has 11 aromatic carbocycles. The third-order valence-electron chi connectivity index (χ3n) is 14.7. The summed E-state index contributed by atoms with van der Waals surface area (Å²) in [5.74, 6) is 1.03. The summed E-state index contributed by atoms with van der Waals surface area (Å²) in [4.78, 5) is 15.9. The van der Waals surface area contributed by atoms with E-state index in [9.17, 15) is 2.74 Å². The van der Waals surface area contributed by atoms with Gasteiger partial charge in [0.2, 0.25) is 0 Å². The summed E-state index contributed by atoms with van der Waals surface area (Å²) in [6.45, 7) is 0. The summed E-state index contributed by atoms with van der Waals surface area (Å²) in [6, 6.07) is 67.0. The molecule has 7 heteroatoms. The number of hydrogen-bond donors (Lipinski definition) is 0. The van der Waals surface area contributed by atoms with Crippen molar-refractivity contribution in [1.29, 1.82) is 0 Å². The van der Waals surface area contributed by atoms with Crippen LogP contribution in [-0.4, -0.2) is 24.1 Å². The lowest BCUT2D eigenvalue weighted by molar-refractivity contribution is 0.670. The van der Waals surface area contributed by atoms with E-state index in [4.69, 9.17) is 26.2 Å². The lowest BCUT2D eigenvalue weighted by Crippen LogP contribution is -2.04. The van der Waals surface area contributed by atoms with Crippen LogP contribution in [0.5, 0.6) is 0 Å². The van der Waals surface area contributed by atoms with E-state index in [1.807, 2.05) is 72.8 Å². The monoisotopic (exact) mass is 994 g/mol. The molecule has 16 rings (SSSR count). The van der Waals surface area contributed by atoms with Gasteiger partial charge in [-0.2, -0.15) is 0 Å². The van der Waals surface area contributed by atoms with E-state index >= 15 is 0 Å².